The van der Waals surface area contributed by atoms with Crippen LogP contribution in [0.25, 0.3) is 10.8 Å². The average Bonchev–Trinajstić information content (AvgIpc) is 2.42. The minimum Gasteiger partial charge on any atom is -0.487 e. The molecule has 2 aromatic carbocycles. The van der Waals surface area contributed by atoms with E-state index in [-0.39, 0.29) is 5.60 Å². The highest BCUT2D eigenvalue weighted by Crippen LogP contribution is 2.45. The second-order valence-electron chi connectivity index (χ2n) is 6.47. The molecule has 0 aromatic heterocycles. The molecule has 0 atom stereocenters. The van der Waals surface area contributed by atoms with Gasteiger partial charge in [0.15, 0.2) is 0 Å². The highest BCUT2D eigenvalue weighted by molar-refractivity contribution is 5.96. The molecule has 2 heteroatoms. The van der Waals surface area contributed by atoms with Crippen molar-refractivity contribution in [1.82, 2.24) is 0 Å². The van der Waals surface area contributed by atoms with Crippen LogP contribution < -0.4 is 9.47 Å². The van der Waals surface area contributed by atoms with E-state index in [1.807, 2.05) is 19.1 Å². The van der Waals surface area contributed by atoms with Gasteiger partial charge in [-0.1, -0.05) is 30.8 Å². The summed E-state index contributed by atoms with van der Waals surface area (Å²) in [5, 5.41) is 2.22. The van der Waals surface area contributed by atoms with Crippen molar-refractivity contribution in [2.24, 2.45) is 0 Å². The summed E-state index contributed by atoms with van der Waals surface area (Å²) in [6.45, 7) is 12.2. The maximum Gasteiger partial charge on any atom is 0.138 e. The summed E-state index contributed by atoms with van der Waals surface area (Å²) in [7, 11) is 0. The third kappa shape index (κ3) is 2.39. The van der Waals surface area contributed by atoms with Crippen molar-refractivity contribution in [3.05, 3.63) is 47.7 Å². The molecule has 0 aliphatic carbocycles. The van der Waals surface area contributed by atoms with Gasteiger partial charge >= 0.3 is 0 Å². The van der Waals surface area contributed by atoms with Gasteiger partial charge in [-0.15, -0.1) is 0 Å². The highest BCUT2D eigenvalue weighted by atomic mass is 16.5. The van der Waals surface area contributed by atoms with Gasteiger partial charge in [0.05, 0.1) is 5.76 Å². The molecule has 0 N–H and O–H groups in total. The Balaban J connectivity index is 2.32. The number of hydrogen-bond donors (Lipinski definition) is 0. The van der Waals surface area contributed by atoms with E-state index in [4.69, 9.17) is 9.47 Å². The van der Waals surface area contributed by atoms with Crippen LogP contribution in [0.1, 0.15) is 38.3 Å². The standard InChI is InChI=1S/C19H22O2/c1-12(2)20-17-13(3)14-10-11-19(4,5)21-18(14)16-9-7-6-8-15(16)17/h6-9H,1,10-11H2,2-5H3. The Kier molecular flexibility index (Phi) is 3.20. The molecular formula is C19H22O2. The van der Waals surface area contributed by atoms with Crippen molar-refractivity contribution in [2.75, 3.05) is 0 Å². The summed E-state index contributed by atoms with van der Waals surface area (Å²) in [5.41, 5.74) is 2.32. The van der Waals surface area contributed by atoms with Crippen LogP contribution in [0.15, 0.2) is 36.6 Å². The Hall–Kier alpha value is -1.96. The van der Waals surface area contributed by atoms with Gasteiger partial charge < -0.3 is 9.47 Å². The van der Waals surface area contributed by atoms with Gasteiger partial charge in [-0.05, 0) is 46.1 Å². The van der Waals surface area contributed by atoms with E-state index in [1.54, 1.807) is 0 Å². The molecule has 1 aliphatic heterocycles. The fourth-order valence-electron chi connectivity index (χ4n) is 3.03. The first-order valence-corrected chi connectivity index (χ1v) is 7.45. The molecule has 110 valence electrons. The minimum absolute atomic E-state index is 0.112. The summed E-state index contributed by atoms with van der Waals surface area (Å²) in [6, 6.07) is 8.28. The van der Waals surface area contributed by atoms with E-state index in [2.05, 4.69) is 39.5 Å². The molecule has 0 saturated carbocycles. The lowest BCUT2D eigenvalue weighted by molar-refractivity contribution is 0.0865. The third-order valence-electron chi connectivity index (χ3n) is 4.12. The predicted octanol–water partition coefficient (Wildman–Crippen LogP) is 5.16. The third-order valence-corrected chi connectivity index (χ3v) is 4.12. The second kappa shape index (κ2) is 4.80. The molecule has 0 fully saturated rings. The van der Waals surface area contributed by atoms with Gasteiger partial charge in [0.1, 0.15) is 17.1 Å². The number of fused-ring (bicyclic) bond motifs is 3. The van der Waals surface area contributed by atoms with Crippen LogP contribution in [-0.4, -0.2) is 5.60 Å². The summed E-state index contributed by atoms with van der Waals surface area (Å²) < 4.78 is 12.2. The topological polar surface area (TPSA) is 18.5 Å². The molecule has 0 spiro atoms. The molecule has 2 nitrogen and oxygen atoms in total. The normalized spacial score (nSPS) is 16.2. The smallest absolute Gasteiger partial charge is 0.138 e. The van der Waals surface area contributed by atoms with Gasteiger partial charge in [0.2, 0.25) is 0 Å². The number of rotatable bonds is 2. The van der Waals surface area contributed by atoms with Crippen LogP contribution in [0.3, 0.4) is 0 Å². The number of ether oxygens (including phenoxy) is 2. The van der Waals surface area contributed by atoms with Crippen molar-refractivity contribution < 1.29 is 9.47 Å². The zero-order chi connectivity index (χ0) is 15.2. The van der Waals surface area contributed by atoms with Crippen LogP contribution in [0, 0.1) is 6.92 Å². The predicted molar refractivity (Wildman–Crippen MR) is 87.2 cm³/mol. The lowest BCUT2D eigenvalue weighted by Crippen LogP contribution is -2.33. The number of hydrogen-bond acceptors (Lipinski definition) is 2. The Labute approximate surface area is 126 Å². The first-order chi connectivity index (χ1) is 9.89. The van der Waals surface area contributed by atoms with Gasteiger partial charge in [0, 0.05) is 16.3 Å². The fraction of sp³-hybridized carbons (Fsp3) is 0.368. The Morgan fingerprint density at radius 2 is 1.90 bits per heavy atom. The van der Waals surface area contributed by atoms with E-state index in [1.165, 1.54) is 11.1 Å². The molecule has 2 aromatic rings. The van der Waals surface area contributed by atoms with E-state index in [0.29, 0.717) is 5.76 Å². The number of benzene rings is 2. The van der Waals surface area contributed by atoms with E-state index in [0.717, 1.165) is 35.1 Å². The van der Waals surface area contributed by atoms with Crippen molar-refractivity contribution >= 4 is 10.8 Å². The molecular weight excluding hydrogens is 260 g/mol. The van der Waals surface area contributed by atoms with Crippen LogP contribution in [0.2, 0.25) is 0 Å². The Bertz CT molecular complexity index is 726. The molecule has 0 radical (unpaired) electrons. The Morgan fingerprint density at radius 3 is 2.57 bits per heavy atom. The first kappa shape index (κ1) is 14.0. The SMILES string of the molecule is C=C(C)Oc1c(C)c2c(c3ccccc13)OC(C)(C)CC2. The lowest BCUT2D eigenvalue weighted by atomic mass is 9.89. The van der Waals surface area contributed by atoms with E-state index < -0.39 is 0 Å². The largest absolute Gasteiger partial charge is 0.487 e. The average molecular weight is 282 g/mol. The monoisotopic (exact) mass is 282 g/mol. The molecule has 21 heavy (non-hydrogen) atoms. The molecule has 0 unspecified atom stereocenters. The molecule has 1 heterocycles. The van der Waals surface area contributed by atoms with Gasteiger partial charge in [0.25, 0.3) is 0 Å². The van der Waals surface area contributed by atoms with Gasteiger partial charge in [-0.2, -0.15) is 0 Å². The van der Waals surface area contributed by atoms with Crippen molar-refractivity contribution in [3.63, 3.8) is 0 Å². The van der Waals surface area contributed by atoms with E-state index >= 15 is 0 Å². The minimum atomic E-state index is -0.112. The molecule has 3 rings (SSSR count). The number of allylic oxidation sites excluding steroid dienone is 1. The van der Waals surface area contributed by atoms with E-state index in [9.17, 15) is 0 Å². The zero-order valence-electron chi connectivity index (χ0n) is 13.2. The quantitative estimate of drug-likeness (QED) is 0.708. The fourth-order valence-corrected chi connectivity index (χ4v) is 3.03. The Morgan fingerprint density at radius 1 is 1.24 bits per heavy atom. The van der Waals surface area contributed by atoms with Crippen LogP contribution in [0.4, 0.5) is 0 Å². The van der Waals surface area contributed by atoms with Gasteiger partial charge in [-0.3, -0.25) is 0 Å². The van der Waals surface area contributed by atoms with Crippen LogP contribution in [0.5, 0.6) is 11.5 Å². The molecule has 0 amide bonds. The summed E-state index contributed by atoms with van der Waals surface area (Å²) in [5.74, 6) is 2.65. The van der Waals surface area contributed by atoms with Crippen molar-refractivity contribution in [1.29, 1.82) is 0 Å². The van der Waals surface area contributed by atoms with Crippen molar-refractivity contribution in [3.8, 4) is 11.5 Å². The maximum absolute atomic E-state index is 6.30. The maximum atomic E-state index is 6.30. The summed E-state index contributed by atoms with van der Waals surface area (Å²) >= 11 is 0. The lowest BCUT2D eigenvalue weighted by Gasteiger charge is -2.35. The van der Waals surface area contributed by atoms with Gasteiger partial charge in [-0.25, -0.2) is 0 Å². The zero-order valence-corrected chi connectivity index (χ0v) is 13.2. The molecule has 1 aliphatic rings. The highest BCUT2D eigenvalue weighted by Gasteiger charge is 2.30. The second-order valence-corrected chi connectivity index (χ2v) is 6.47. The molecule has 0 saturated heterocycles. The van der Waals surface area contributed by atoms with Crippen LogP contribution >= 0.6 is 0 Å². The summed E-state index contributed by atoms with van der Waals surface area (Å²) in [4.78, 5) is 0. The summed E-state index contributed by atoms with van der Waals surface area (Å²) in [6.07, 6.45) is 2.04. The van der Waals surface area contributed by atoms with Crippen LogP contribution in [-0.2, 0) is 6.42 Å². The first-order valence-electron chi connectivity index (χ1n) is 7.45. The molecule has 0 bridgehead atoms. The van der Waals surface area contributed by atoms with Crippen molar-refractivity contribution in [2.45, 2.75) is 46.1 Å².